The number of nitrogens with zero attached hydrogens (tertiary/aromatic N) is 4. The third-order valence-electron chi connectivity index (χ3n) is 1.36. The minimum atomic E-state index is -0.453. The van der Waals surface area contributed by atoms with E-state index < -0.39 is 5.82 Å². The van der Waals surface area contributed by atoms with Crippen molar-refractivity contribution in [3.8, 4) is 5.95 Å². The van der Waals surface area contributed by atoms with Crippen LogP contribution in [0.2, 0.25) is 0 Å². The zero-order valence-electron chi connectivity index (χ0n) is 6.35. The Balaban J connectivity index is 2.41. The summed E-state index contributed by atoms with van der Waals surface area (Å²) in [5.74, 6) is -0.0880. The highest BCUT2D eigenvalue weighted by atomic mass is 127. The molecule has 0 aliphatic carbocycles. The van der Waals surface area contributed by atoms with E-state index >= 15 is 0 Å². The molecule has 0 aromatic carbocycles. The highest BCUT2D eigenvalue weighted by molar-refractivity contribution is 14.1. The van der Waals surface area contributed by atoms with E-state index in [0.29, 0.717) is 5.95 Å². The van der Waals surface area contributed by atoms with Crippen LogP contribution in [0.1, 0.15) is 0 Å². The lowest BCUT2D eigenvalue weighted by molar-refractivity contribution is 0.608. The van der Waals surface area contributed by atoms with Gasteiger partial charge in [0.15, 0.2) is 5.82 Å². The fourth-order valence-electron chi connectivity index (χ4n) is 0.834. The first-order valence-corrected chi connectivity index (χ1v) is 4.52. The van der Waals surface area contributed by atoms with Crippen LogP contribution in [0.4, 0.5) is 4.39 Å². The molecule has 4 nitrogen and oxygen atoms in total. The third kappa shape index (κ3) is 1.82. The summed E-state index contributed by atoms with van der Waals surface area (Å²) < 4.78 is 14.9. The molecule has 2 aromatic rings. The predicted molar refractivity (Wildman–Crippen MR) is 51.8 cm³/mol. The second kappa shape index (κ2) is 3.36. The summed E-state index contributed by atoms with van der Waals surface area (Å²) in [5, 5.41) is 3.98. The summed E-state index contributed by atoms with van der Waals surface area (Å²) in [6.45, 7) is 0. The fraction of sp³-hybridized carbons (Fsp3) is 0. The maximum absolute atomic E-state index is 12.5. The number of halogens is 2. The molecule has 0 fully saturated rings. The van der Waals surface area contributed by atoms with Crippen molar-refractivity contribution in [1.82, 2.24) is 19.7 Å². The van der Waals surface area contributed by atoms with Gasteiger partial charge < -0.3 is 0 Å². The summed E-state index contributed by atoms with van der Waals surface area (Å²) in [6, 6.07) is 0. The number of hydrogen-bond donors (Lipinski definition) is 0. The van der Waals surface area contributed by atoms with E-state index in [-0.39, 0.29) is 0 Å². The lowest BCUT2D eigenvalue weighted by Gasteiger charge is -1.96. The third-order valence-corrected chi connectivity index (χ3v) is 1.92. The Morgan fingerprint density at radius 1 is 1.23 bits per heavy atom. The summed E-state index contributed by atoms with van der Waals surface area (Å²) in [4.78, 5) is 7.55. The molecule has 66 valence electrons. The number of aromatic nitrogens is 4. The molecular weight excluding hydrogens is 286 g/mol. The standard InChI is InChI=1S/C7H4FIN4/c8-5-1-10-7(11-2-5)13-4-6(9)3-12-13/h1-4H. The van der Waals surface area contributed by atoms with Crippen molar-refractivity contribution >= 4 is 22.6 Å². The Hall–Kier alpha value is -1.05. The van der Waals surface area contributed by atoms with Gasteiger partial charge in [0.25, 0.3) is 5.95 Å². The Morgan fingerprint density at radius 3 is 2.46 bits per heavy atom. The van der Waals surface area contributed by atoms with Crippen LogP contribution in [0.5, 0.6) is 0 Å². The van der Waals surface area contributed by atoms with Crippen molar-refractivity contribution in [2.75, 3.05) is 0 Å². The summed E-state index contributed by atoms with van der Waals surface area (Å²) >= 11 is 2.12. The lowest BCUT2D eigenvalue weighted by atomic mass is 10.6. The van der Waals surface area contributed by atoms with Gasteiger partial charge in [-0.3, -0.25) is 0 Å². The van der Waals surface area contributed by atoms with E-state index in [1.54, 1.807) is 12.4 Å². The Morgan fingerprint density at radius 2 is 1.92 bits per heavy atom. The van der Waals surface area contributed by atoms with Crippen LogP contribution in [-0.4, -0.2) is 19.7 Å². The van der Waals surface area contributed by atoms with Gasteiger partial charge in [0.2, 0.25) is 0 Å². The minimum Gasteiger partial charge on any atom is -0.217 e. The van der Waals surface area contributed by atoms with Gasteiger partial charge >= 0.3 is 0 Å². The van der Waals surface area contributed by atoms with E-state index in [2.05, 4.69) is 37.7 Å². The molecule has 2 aromatic heterocycles. The Bertz CT molecular complexity index is 411. The van der Waals surface area contributed by atoms with Gasteiger partial charge in [-0.05, 0) is 22.6 Å². The average Bonchev–Trinajstić information content (AvgIpc) is 2.53. The summed E-state index contributed by atoms with van der Waals surface area (Å²) in [5.41, 5.74) is 0. The van der Waals surface area contributed by atoms with Crippen LogP contribution in [0.3, 0.4) is 0 Å². The molecule has 0 N–H and O–H groups in total. The molecule has 0 aliphatic rings. The van der Waals surface area contributed by atoms with Gasteiger partial charge in [0.05, 0.1) is 22.2 Å². The number of rotatable bonds is 1. The van der Waals surface area contributed by atoms with E-state index in [4.69, 9.17) is 0 Å². The monoisotopic (exact) mass is 290 g/mol. The predicted octanol–water partition coefficient (Wildman–Crippen LogP) is 1.41. The van der Waals surface area contributed by atoms with Gasteiger partial charge in [-0.1, -0.05) is 0 Å². The fourth-order valence-corrected chi connectivity index (χ4v) is 1.22. The molecule has 0 aliphatic heterocycles. The zero-order valence-corrected chi connectivity index (χ0v) is 8.51. The van der Waals surface area contributed by atoms with Crippen molar-refractivity contribution in [3.05, 3.63) is 34.2 Å². The molecule has 0 saturated carbocycles. The van der Waals surface area contributed by atoms with Crippen LogP contribution in [0.15, 0.2) is 24.8 Å². The van der Waals surface area contributed by atoms with Gasteiger partial charge in [-0.2, -0.15) is 5.10 Å². The molecule has 6 heteroatoms. The minimum absolute atomic E-state index is 0.365. The molecule has 2 heterocycles. The van der Waals surface area contributed by atoms with Gasteiger partial charge in [0, 0.05) is 6.20 Å². The lowest BCUT2D eigenvalue weighted by Crippen LogP contribution is -2.00. The van der Waals surface area contributed by atoms with Gasteiger partial charge in [0.1, 0.15) is 0 Å². The highest BCUT2D eigenvalue weighted by Gasteiger charge is 2.01. The van der Waals surface area contributed by atoms with E-state index in [1.165, 1.54) is 4.68 Å². The smallest absolute Gasteiger partial charge is 0.217 e. The van der Waals surface area contributed by atoms with E-state index in [9.17, 15) is 4.39 Å². The molecular formula is C7H4FIN4. The van der Waals surface area contributed by atoms with Crippen molar-refractivity contribution < 1.29 is 4.39 Å². The summed E-state index contributed by atoms with van der Waals surface area (Å²) in [7, 11) is 0. The van der Waals surface area contributed by atoms with Crippen LogP contribution < -0.4 is 0 Å². The van der Waals surface area contributed by atoms with Crippen molar-refractivity contribution in [3.63, 3.8) is 0 Å². The second-order valence-corrected chi connectivity index (χ2v) is 3.55. The SMILES string of the molecule is Fc1cnc(-n2cc(I)cn2)nc1. The molecule has 13 heavy (non-hydrogen) atoms. The quantitative estimate of drug-likeness (QED) is 0.746. The van der Waals surface area contributed by atoms with Crippen LogP contribution >= 0.6 is 22.6 Å². The van der Waals surface area contributed by atoms with Crippen LogP contribution in [-0.2, 0) is 0 Å². The van der Waals surface area contributed by atoms with Crippen molar-refractivity contribution in [2.45, 2.75) is 0 Å². The first-order valence-electron chi connectivity index (χ1n) is 3.44. The highest BCUT2D eigenvalue weighted by Crippen LogP contribution is 2.05. The summed E-state index contributed by atoms with van der Waals surface area (Å²) in [6.07, 6.45) is 5.65. The maximum atomic E-state index is 12.5. The van der Waals surface area contributed by atoms with Gasteiger partial charge in [-0.25, -0.2) is 19.0 Å². The van der Waals surface area contributed by atoms with Crippen molar-refractivity contribution in [2.24, 2.45) is 0 Å². The second-order valence-electron chi connectivity index (χ2n) is 2.30. The molecule has 0 saturated heterocycles. The molecule has 2 rings (SSSR count). The Kier molecular flexibility index (Phi) is 2.21. The Labute approximate surface area is 87.0 Å². The van der Waals surface area contributed by atoms with E-state index in [0.717, 1.165) is 16.0 Å². The number of hydrogen-bond acceptors (Lipinski definition) is 3. The average molecular weight is 290 g/mol. The first kappa shape index (κ1) is 8.54. The van der Waals surface area contributed by atoms with Crippen molar-refractivity contribution in [1.29, 1.82) is 0 Å². The largest absolute Gasteiger partial charge is 0.250 e. The molecule has 0 atom stereocenters. The first-order chi connectivity index (χ1) is 6.25. The maximum Gasteiger partial charge on any atom is 0.250 e. The van der Waals surface area contributed by atoms with Gasteiger partial charge in [-0.15, -0.1) is 0 Å². The molecule has 0 bridgehead atoms. The van der Waals surface area contributed by atoms with Crippen LogP contribution in [0.25, 0.3) is 5.95 Å². The molecule has 0 amide bonds. The normalized spacial score (nSPS) is 10.3. The topological polar surface area (TPSA) is 43.6 Å². The molecule has 0 spiro atoms. The van der Waals surface area contributed by atoms with Crippen LogP contribution in [0, 0.1) is 9.39 Å². The molecule has 0 radical (unpaired) electrons. The zero-order chi connectivity index (χ0) is 9.26. The van der Waals surface area contributed by atoms with E-state index in [1.807, 2.05) is 0 Å². The molecule has 0 unspecified atom stereocenters.